The maximum absolute atomic E-state index is 12.0. The highest BCUT2D eigenvalue weighted by molar-refractivity contribution is 5.89. The number of rotatable bonds is 3. The normalized spacial score (nSPS) is 11.1. The van der Waals surface area contributed by atoms with E-state index in [1.165, 1.54) is 6.33 Å². The summed E-state index contributed by atoms with van der Waals surface area (Å²) in [5, 5.41) is 5.67. The lowest BCUT2D eigenvalue weighted by Gasteiger charge is -2.21. The maximum Gasteiger partial charge on any atom is 0.319 e. The van der Waals surface area contributed by atoms with Crippen molar-refractivity contribution in [2.75, 3.05) is 5.32 Å². The van der Waals surface area contributed by atoms with Crippen molar-refractivity contribution in [3.63, 3.8) is 0 Å². The molecule has 0 bridgehead atoms. The summed E-state index contributed by atoms with van der Waals surface area (Å²) in [6.45, 7) is 8.65. The lowest BCUT2D eigenvalue weighted by atomic mass is 9.89. The molecule has 2 aromatic rings. The van der Waals surface area contributed by atoms with Gasteiger partial charge in [-0.15, -0.1) is 0 Å². The van der Waals surface area contributed by atoms with Crippen LogP contribution in [0.3, 0.4) is 0 Å². The van der Waals surface area contributed by atoms with Crippen LogP contribution in [0.4, 0.5) is 10.5 Å². The molecule has 116 valence electrons. The minimum absolute atomic E-state index is 0.0903. The van der Waals surface area contributed by atoms with Crippen LogP contribution >= 0.6 is 0 Å². The van der Waals surface area contributed by atoms with Gasteiger partial charge in [0, 0.05) is 29.4 Å². The molecule has 1 aromatic carbocycles. The Morgan fingerprint density at radius 2 is 2.05 bits per heavy atom. The number of hydrogen-bond acceptors (Lipinski definition) is 3. The molecule has 22 heavy (non-hydrogen) atoms. The second-order valence-corrected chi connectivity index (χ2v) is 6.32. The SMILES string of the molecule is Cc1cccc(NC(=O)NCc2cncnc2C(C)(C)C)c1. The van der Waals surface area contributed by atoms with Gasteiger partial charge in [0.2, 0.25) is 0 Å². The van der Waals surface area contributed by atoms with E-state index in [4.69, 9.17) is 0 Å². The summed E-state index contributed by atoms with van der Waals surface area (Å²) in [7, 11) is 0. The molecule has 0 aliphatic heterocycles. The molecule has 2 N–H and O–H groups in total. The molecule has 2 amide bonds. The smallest absolute Gasteiger partial charge is 0.319 e. The van der Waals surface area contributed by atoms with E-state index >= 15 is 0 Å². The summed E-state index contributed by atoms with van der Waals surface area (Å²) < 4.78 is 0. The molecular formula is C17H22N4O. The Balaban J connectivity index is 2.00. The molecule has 5 heteroatoms. The highest BCUT2D eigenvalue weighted by Gasteiger charge is 2.19. The van der Waals surface area contributed by atoms with E-state index < -0.39 is 0 Å². The summed E-state index contributed by atoms with van der Waals surface area (Å²) in [6, 6.07) is 7.44. The molecular weight excluding hydrogens is 276 g/mol. The van der Waals surface area contributed by atoms with Gasteiger partial charge in [-0.1, -0.05) is 32.9 Å². The van der Waals surface area contributed by atoms with Crippen LogP contribution in [0.2, 0.25) is 0 Å². The Kier molecular flexibility index (Phi) is 4.75. The minimum atomic E-state index is -0.241. The predicted octanol–water partition coefficient (Wildman–Crippen LogP) is 3.40. The van der Waals surface area contributed by atoms with Crippen LogP contribution in [0.25, 0.3) is 0 Å². The molecule has 0 radical (unpaired) electrons. The minimum Gasteiger partial charge on any atom is -0.334 e. The molecule has 0 fully saturated rings. The Labute approximate surface area is 131 Å². The van der Waals surface area contributed by atoms with Crippen molar-refractivity contribution in [3.05, 3.63) is 53.6 Å². The number of carbonyl (C=O) groups is 1. The number of nitrogens with one attached hydrogen (secondary N) is 2. The first-order valence-electron chi connectivity index (χ1n) is 7.27. The van der Waals surface area contributed by atoms with Gasteiger partial charge < -0.3 is 10.6 Å². The highest BCUT2D eigenvalue weighted by atomic mass is 16.2. The number of anilines is 1. The van der Waals surface area contributed by atoms with E-state index in [1.54, 1.807) is 6.20 Å². The molecule has 0 spiro atoms. The Hall–Kier alpha value is -2.43. The van der Waals surface area contributed by atoms with E-state index in [0.29, 0.717) is 6.54 Å². The monoisotopic (exact) mass is 298 g/mol. The number of aryl methyl sites for hydroxylation is 1. The lowest BCUT2D eigenvalue weighted by molar-refractivity contribution is 0.251. The molecule has 0 aliphatic carbocycles. The third kappa shape index (κ3) is 4.28. The second-order valence-electron chi connectivity index (χ2n) is 6.32. The number of urea groups is 1. The average Bonchev–Trinajstić information content (AvgIpc) is 2.44. The number of carbonyl (C=O) groups excluding carboxylic acids is 1. The molecule has 1 heterocycles. The van der Waals surface area contributed by atoms with Crippen LogP contribution in [-0.2, 0) is 12.0 Å². The van der Waals surface area contributed by atoms with Gasteiger partial charge in [0.1, 0.15) is 6.33 Å². The first-order valence-corrected chi connectivity index (χ1v) is 7.27. The zero-order valence-electron chi connectivity index (χ0n) is 13.5. The number of aromatic nitrogens is 2. The number of hydrogen-bond donors (Lipinski definition) is 2. The molecule has 0 saturated carbocycles. The standard InChI is InChI=1S/C17H22N4O/c1-12-6-5-7-14(8-12)21-16(22)19-10-13-9-18-11-20-15(13)17(2,3)4/h5-9,11H,10H2,1-4H3,(H2,19,21,22). The summed E-state index contributed by atoms with van der Waals surface area (Å²) in [4.78, 5) is 20.4. The van der Waals surface area contributed by atoms with E-state index in [0.717, 1.165) is 22.5 Å². The molecule has 0 aliphatic rings. The van der Waals surface area contributed by atoms with Crippen molar-refractivity contribution in [1.29, 1.82) is 0 Å². The van der Waals surface area contributed by atoms with Gasteiger partial charge >= 0.3 is 6.03 Å². The largest absolute Gasteiger partial charge is 0.334 e. The Bertz CT molecular complexity index is 662. The molecule has 0 unspecified atom stereocenters. The Morgan fingerprint density at radius 3 is 2.73 bits per heavy atom. The third-order valence-corrected chi connectivity index (χ3v) is 3.21. The molecule has 2 rings (SSSR count). The fraction of sp³-hybridized carbons (Fsp3) is 0.353. The van der Waals surface area contributed by atoms with Crippen LogP contribution < -0.4 is 10.6 Å². The average molecular weight is 298 g/mol. The van der Waals surface area contributed by atoms with Crippen LogP contribution in [0.5, 0.6) is 0 Å². The third-order valence-electron chi connectivity index (χ3n) is 3.21. The zero-order valence-corrected chi connectivity index (χ0v) is 13.5. The highest BCUT2D eigenvalue weighted by Crippen LogP contribution is 2.22. The summed E-state index contributed by atoms with van der Waals surface area (Å²) in [6.07, 6.45) is 3.29. The topological polar surface area (TPSA) is 66.9 Å². The van der Waals surface area contributed by atoms with Gasteiger partial charge in [0.05, 0.1) is 5.69 Å². The van der Waals surface area contributed by atoms with Gasteiger partial charge in [-0.05, 0) is 24.6 Å². The summed E-state index contributed by atoms with van der Waals surface area (Å²) in [5.41, 5.74) is 3.65. The first kappa shape index (κ1) is 15.9. The van der Waals surface area contributed by atoms with Crippen LogP contribution in [0, 0.1) is 6.92 Å². The zero-order chi connectivity index (χ0) is 16.2. The van der Waals surface area contributed by atoms with E-state index in [1.807, 2.05) is 31.2 Å². The van der Waals surface area contributed by atoms with Gasteiger partial charge in [0.15, 0.2) is 0 Å². The van der Waals surface area contributed by atoms with E-state index in [-0.39, 0.29) is 11.4 Å². The van der Waals surface area contributed by atoms with Crippen molar-refractivity contribution in [2.24, 2.45) is 0 Å². The summed E-state index contributed by atoms with van der Waals surface area (Å²) >= 11 is 0. The van der Waals surface area contributed by atoms with Crippen molar-refractivity contribution >= 4 is 11.7 Å². The van der Waals surface area contributed by atoms with Crippen molar-refractivity contribution in [1.82, 2.24) is 15.3 Å². The molecule has 0 saturated heterocycles. The van der Waals surface area contributed by atoms with E-state index in [2.05, 4.69) is 41.4 Å². The molecule has 0 atom stereocenters. The van der Waals surface area contributed by atoms with Gasteiger partial charge in [-0.3, -0.25) is 0 Å². The number of amides is 2. The van der Waals surface area contributed by atoms with Crippen LogP contribution in [0.15, 0.2) is 36.8 Å². The van der Waals surface area contributed by atoms with Crippen LogP contribution in [0.1, 0.15) is 37.6 Å². The lowest BCUT2D eigenvalue weighted by Crippen LogP contribution is -2.30. The van der Waals surface area contributed by atoms with Gasteiger partial charge in [0.25, 0.3) is 0 Å². The molecule has 1 aromatic heterocycles. The molecule has 5 nitrogen and oxygen atoms in total. The fourth-order valence-electron chi connectivity index (χ4n) is 2.24. The van der Waals surface area contributed by atoms with Crippen molar-refractivity contribution in [2.45, 2.75) is 39.7 Å². The Morgan fingerprint density at radius 1 is 1.27 bits per heavy atom. The first-order chi connectivity index (χ1) is 10.4. The van der Waals surface area contributed by atoms with Gasteiger partial charge in [-0.25, -0.2) is 14.8 Å². The second kappa shape index (κ2) is 6.56. The number of nitrogens with zero attached hydrogens (tertiary/aromatic N) is 2. The predicted molar refractivity (Wildman–Crippen MR) is 87.8 cm³/mol. The fourth-order valence-corrected chi connectivity index (χ4v) is 2.24. The van der Waals surface area contributed by atoms with Crippen molar-refractivity contribution in [3.8, 4) is 0 Å². The van der Waals surface area contributed by atoms with Crippen molar-refractivity contribution < 1.29 is 4.79 Å². The van der Waals surface area contributed by atoms with Crippen LogP contribution in [-0.4, -0.2) is 16.0 Å². The number of benzene rings is 1. The summed E-state index contributed by atoms with van der Waals surface area (Å²) in [5.74, 6) is 0. The van der Waals surface area contributed by atoms with E-state index in [9.17, 15) is 4.79 Å². The maximum atomic E-state index is 12.0. The van der Waals surface area contributed by atoms with Gasteiger partial charge in [-0.2, -0.15) is 0 Å². The quantitative estimate of drug-likeness (QED) is 0.912.